The molecule has 216 valence electrons. The molecular formula is C28H35N3O8S. The maximum atomic E-state index is 13.8. The molecule has 2 aliphatic rings. The number of carbonyl (C=O) groups is 3. The van der Waals surface area contributed by atoms with Gasteiger partial charge < -0.3 is 19.8 Å². The third-order valence-corrected chi connectivity index (χ3v) is 9.38. The van der Waals surface area contributed by atoms with Gasteiger partial charge in [-0.25, -0.2) is 18.0 Å². The largest absolute Gasteiger partial charge is 0.480 e. The van der Waals surface area contributed by atoms with Crippen molar-refractivity contribution in [1.82, 2.24) is 9.21 Å². The highest BCUT2D eigenvalue weighted by atomic mass is 32.2. The minimum atomic E-state index is -3.99. The van der Waals surface area contributed by atoms with Crippen LogP contribution in [0.15, 0.2) is 53.4 Å². The van der Waals surface area contributed by atoms with Crippen molar-refractivity contribution in [2.45, 2.75) is 56.5 Å². The highest BCUT2D eigenvalue weighted by Crippen LogP contribution is 2.31. The molecule has 0 aliphatic carbocycles. The molecule has 12 heteroatoms. The molecule has 2 fully saturated rings. The zero-order valence-electron chi connectivity index (χ0n) is 22.6. The fourth-order valence-corrected chi connectivity index (χ4v) is 6.80. The summed E-state index contributed by atoms with van der Waals surface area (Å²) in [5.74, 6) is -1.68. The number of nitrogens with zero attached hydrogens (tertiary/aromatic N) is 3. The molecule has 40 heavy (non-hydrogen) atoms. The fraction of sp³-hybridized carbons (Fsp3) is 0.464. The lowest BCUT2D eigenvalue weighted by Crippen LogP contribution is -2.52. The molecule has 0 bridgehead atoms. The van der Waals surface area contributed by atoms with Crippen LogP contribution in [0, 0.1) is 12.8 Å². The maximum absolute atomic E-state index is 13.8. The number of aliphatic hydroxyl groups is 1. The van der Waals surface area contributed by atoms with Crippen molar-refractivity contribution in [3.63, 3.8) is 0 Å². The lowest BCUT2D eigenvalue weighted by molar-refractivity contribution is -0.140. The maximum Gasteiger partial charge on any atom is 0.415 e. The highest BCUT2D eigenvalue weighted by molar-refractivity contribution is 7.89. The third-order valence-electron chi connectivity index (χ3n) is 7.45. The second-order valence-corrected chi connectivity index (χ2v) is 12.2. The van der Waals surface area contributed by atoms with Gasteiger partial charge in [0.15, 0.2) is 0 Å². The number of anilines is 1. The van der Waals surface area contributed by atoms with Gasteiger partial charge in [-0.3, -0.25) is 9.69 Å². The van der Waals surface area contributed by atoms with Crippen LogP contribution in [0.3, 0.4) is 0 Å². The number of hydrogen-bond acceptors (Lipinski definition) is 7. The van der Waals surface area contributed by atoms with Crippen LogP contribution in [0.25, 0.3) is 0 Å². The monoisotopic (exact) mass is 573 g/mol. The van der Waals surface area contributed by atoms with E-state index < -0.39 is 40.1 Å². The number of benzene rings is 2. The molecule has 0 radical (unpaired) electrons. The fourth-order valence-electron chi connectivity index (χ4n) is 5.15. The van der Waals surface area contributed by atoms with Crippen molar-refractivity contribution in [2.24, 2.45) is 5.92 Å². The van der Waals surface area contributed by atoms with E-state index in [-0.39, 0.29) is 41.8 Å². The average Bonchev–Trinajstić information content (AvgIpc) is 3.45. The van der Waals surface area contributed by atoms with E-state index in [1.54, 1.807) is 12.1 Å². The normalized spacial score (nSPS) is 20.6. The van der Waals surface area contributed by atoms with Crippen molar-refractivity contribution in [3.8, 4) is 5.75 Å². The molecule has 2 aromatic carbocycles. The molecule has 2 aliphatic heterocycles. The molecule has 2 aromatic rings. The summed E-state index contributed by atoms with van der Waals surface area (Å²) in [4.78, 5) is 41.1. The number of piperidine rings is 1. The first-order chi connectivity index (χ1) is 19.0. The molecule has 1 unspecified atom stereocenters. The summed E-state index contributed by atoms with van der Waals surface area (Å²) in [6.07, 6.45) is 1.76. The van der Waals surface area contributed by atoms with Gasteiger partial charge in [-0.05, 0) is 81.8 Å². The second kappa shape index (κ2) is 12.4. The molecular weight excluding hydrogens is 538 g/mol. The Morgan fingerprint density at radius 3 is 2.30 bits per heavy atom. The number of rotatable bonds is 8. The second-order valence-electron chi connectivity index (χ2n) is 10.3. The number of aliphatic hydroxyl groups excluding tert-OH is 1. The molecule has 2 heterocycles. The van der Waals surface area contributed by atoms with Crippen molar-refractivity contribution in [1.29, 1.82) is 0 Å². The minimum absolute atomic E-state index is 0.00511. The summed E-state index contributed by atoms with van der Waals surface area (Å²) in [5.41, 5.74) is 1.13. The highest BCUT2D eigenvalue weighted by Gasteiger charge is 2.43. The molecule has 4 rings (SSSR count). The number of likely N-dealkylation sites (tertiary alicyclic amines) is 1. The number of sulfonamides is 1. The van der Waals surface area contributed by atoms with E-state index in [1.807, 2.05) is 6.92 Å². The Morgan fingerprint density at radius 1 is 1.02 bits per heavy atom. The lowest BCUT2D eigenvalue weighted by atomic mass is 10.00. The van der Waals surface area contributed by atoms with Gasteiger partial charge in [0, 0.05) is 31.9 Å². The Morgan fingerprint density at radius 2 is 1.68 bits per heavy atom. The summed E-state index contributed by atoms with van der Waals surface area (Å²) < 4.78 is 33.4. The lowest BCUT2D eigenvalue weighted by Gasteiger charge is -2.32. The number of carbonyl (C=O) groups excluding carboxylic acids is 2. The van der Waals surface area contributed by atoms with Gasteiger partial charge in [-0.15, -0.1) is 0 Å². The molecule has 0 spiro atoms. The average molecular weight is 574 g/mol. The summed E-state index contributed by atoms with van der Waals surface area (Å²) in [5, 5.41) is 19.2. The number of aliphatic carboxylic acids is 1. The standard InChI is InChI=1S/C28H35N3O8S/c1-19-7-13-24(14-8-19)40(37,38)30-16-4-6-25(30)26(33)31(20(2)27(34)35)22-9-11-23(12-10-22)39-28(36)29-15-3-5-21(17-29)18-32/h7-14,20-21,25,32H,3-6,15-18H2,1-2H3,(H,34,35)/t20-,21?,25-/m0/s1. The molecule has 2 saturated heterocycles. The topological polar surface area (TPSA) is 145 Å². The van der Waals surface area contributed by atoms with Crippen LogP contribution >= 0.6 is 0 Å². The van der Waals surface area contributed by atoms with Crippen LogP contribution < -0.4 is 9.64 Å². The summed E-state index contributed by atoms with van der Waals surface area (Å²) in [6.45, 7) is 4.26. The third kappa shape index (κ3) is 6.29. The first kappa shape index (κ1) is 29.5. The van der Waals surface area contributed by atoms with E-state index in [4.69, 9.17) is 4.74 Å². The Labute approximate surface area is 234 Å². The minimum Gasteiger partial charge on any atom is -0.480 e. The Kier molecular flexibility index (Phi) is 9.12. The Balaban J connectivity index is 1.55. The van der Waals surface area contributed by atoms with Crippen LogP contribution in [0.4, 0.5) is 10.5 Å². The van der Waals surface area contributed by atoms with Crippen molar-refractivity contribution >= 4 is 33.7 Å². The van der Waals surface area contributed by atoms with Gasteiger partial charge in [0.25, 0.3) is 0 Å². The van der Waals surface area contributed by atoms with Gasteiger partial charge in [0.1, 0.15) is 17.8 Å². The molecule has 0 saturated carbocycles. The van der Waals surface area contributed by atoms with Crippen molar-refractivity contribution in [2.75, 3.05) is 31.1 Å². The number of aryl methyl sites for hydroxylation is 1. The van der Waals surface area contributed by atoms with E-state index in [0.29, 0.717) is 19.5 Å². The van der Waals surface area contributed by atoms with Crippen LogP contribution in [0.1, 0.15) is 38.2 Å². The zero-order chi connectivity index (χ0) is 29.0. The predicted molar refractivity (Wildman–Crippen MR) is 147 cm³/mol. The number of ether oxygens (including phenoxy) is 1. The summed E-state index contributed by atoms with van der Waals surface area (Å²) >= 11 is 0. The SMILES string of the molecule is Cc1ccc(S(=O)(=O)N2CCC[C@H]2C(=O)N(c2ccc(OC(=O)N3CCCC(CO)C3)cc2)[C@@H](C)C(=O)O)cc1. The number of carboxylic acids is 1. The number of hydrogen-bond donors (Lipinski definition) is 2. The van der Waals surface area contributed by atoms with Crippen LogP contribution in [-0.4, -0.2) is 84.1 Å². The quantitative estimate of drug-likeness (QED) is 0.491. The van der Waals surface area contributed by atoms with E-state index in [9.17, 15) is 33.0 Å². The van der Waals surface area contributed by atoms with Gasteiger partial charge in [0.05, 0.1) is 4.90 Å². The molecule has 2 N–H and O–H groups in total. The van der Waals surface area contributed by atoms with Crippen LogP contribution in [0.5, 0.6) is 5.75 Å². The van der Waals surface area contributed by atoms with Crippen molar-refractivity contribution < 1.29 is 37.8 Å². The molecule has 11 nitrogen and oxygen atoms in total. The van der Waals surface area contributed by atoms with Gasteiger partial charge in [-0.1, -0.05) is 17.7 Å². The van der Waals surface area contributed by atoms with Gasteiger partial charge in [0.2, 0.25) is 15.9 Å². The number of amides is 2. The van der Waals surface area contributed by atoms with Gasteiger partial charge >= 0.3 is 12.1 Å². The first-order valence-corrected chi connectivity index (χ1v) is 14.8. The summed E-state index contributed by atoms with van der Waals surface area (Å²) in [6, 6.07) is 9.88. The van der Waals surface area contributed by atoms with E-state index in [1.165, 1.54) is 48.2 Å². The van der Waals surface area contributed by atoms with Crippen LogP contribution in [0.2, 0.25) is 0 Å². The van der Waals surface area contributed by atoms with E-state index in [0.717, 1.165) is 27.6 Å². The first-order valence-electron chi connectivity index (χ1n) is 13.3. The smallest absolute Gasteiger partial charge is 0.415 e. The number of carboxylic acid groups (broad SMARTS) is 1. The zero-order valence-corrected chi connectivity index (χ0v) is 23.4. The molecule has 0 aromatic heterocycles. The molecule has 2 amide bonds. The van der Waals surface area contributed by atoms with E-state index >= 15 is 0 Å². The van der Waals surface area contributed by atoms with Crippen LogP contribution in [-0.2, 0) is 19.6 Å². The Bertz CT molecular complexity index is 1330. The summed E-state index contributed by atoms with van der Waals surface area (Å²) in [7, 11) is -3.99. The van der Waals surface area contributed by atoms with E-state index in [2.05, 4.69) is 0 Å². The predicted octanol–water partition coefficient (Wildman–Crippen LogP) is 2.86. The molecule has 3 atom stereocenters. The van der Waals surface area contributed by atoms with Crippen molar-refractivity contribution in [3.05, 3.63) is 54.1 Å². The Hall–Kier alpha value is -3.48. The van der Waals surface area contributed by atoms with Gasteiger partial charge in [-0.2, -0.15) is 4.31 Å².